The van der Waals surface area contributed by atoms with Crippen LogP contribution in [-0.4, -0.2) is 56.0 Å². The van der Waals surface area contributed by atoms with Crippen molar-refractivity contribution in [1.82, 2.24) is 10.2 Å². The molecule has 1 aliphatic heterocycles. The summed E-state index contributed by atoms with van der Waals surface area (Å²) >= 11 is 0. The normalized spacial score (nSPS) is 17.2. The minimum absolute atomic E-state index is 0.0931. The molecule has 1 heterocycles. The van der Waals surface area contributed by atoms with E-state index >= 15 is 0 Å². The molecule has 1 aromatic rings. The number of rotatable bonds is 6. The molecule has 152 valence electrons. The fraction of sp³-hybridized carbons (Fsp3) is 0.667. The number of hydrogen-bond acceptors (Lipinski definition) is 3. The molecule has 0 unspecified atom stereocenters. The van der Waals surface area contributed by atoms with Crippen molar-refractivity contribution in [3.8, 4) is 0 Å². The van der Waals surface area contributed by atoms with Gasteiger partial charge >= 0.3 is 0 Å². The third kappa shape index (κ3) is 6.52. The van der Waals surface area contributed by atoms with Gasteiger partial charge in [-0.25, -0.2) is 8.42 Å². The van der Waals surface area contributed by atoms with Crippen LogP contribution in [0.3, 0.4) is 0 Å². The second kappa shape index (κ2) is 9.58. The first-order valence-corrected chi connectivity index (χ1v) is 11.7. The first-order chi connectivity index (χ1) is 12.7. The third-order valence-corrected chi connectivity index (χ3v) is 7.76. The van der Waals surface area contributed by atoms with E-state index in [1.54, 1.807) is 20.8 Å². The van der Waals surface area contributed by atoms with Gasteiger partial charge in [0.25, 0.3) is 0 Å². The van der Waals surface area contributed by atoms with Gasteiger partial charge in [0.2, 0.25) is 0 Å². The molecule has 5 nitrogen and oxygen atoms in total. The Kier molecular flexibility index (Phi) is 7.71. The number of benzene rings is 1. The molecule has 0 bridgehead atoms. The summed E-state index contributed by atoms with van der Waals surface area (Å²) in [5.41, 5.74) is 1.41. The van der Waals surface area contributed by atoms with Gasteiger partial charge < -0.3 is 10.2 Å². The highest BCUT2D eigenvalue weighted by molar-refractivity contribution is 7.92. The van der Waals surface area contributed by atoms with Gasteiger partial charge in [0.1, 0.15) is 0 Å². The lowest BCUT2D eigenvalue weighted by atomic mass is 9.90. The van der Waals surface area contributed by atoms with Crippen molar-refractivity contribution in [3.05, 3.63) is 35.9 Å². The fourth-order valence-electron chi connectivity index (χ4n) is 3.30. The van der Waals surface area contributed by atoms with Crippen LogP contribution in [0.25, 0.3) is 0 Å². The van der Waals surface area contributed by atoms with Crippen LogP contribution >= 0.6 is 0 Å². The van der Waals surface area contributed by atoms with Gasteiger partial charge in [-0.3, -0.25) is 4.99 Å². The van der Waals surface area contributed by atoms with Gasteiger partial charge in [-0.15, -0.1) is 0 Å². The van der Waals surface area contributed by atoms with E-state index in [4.69, 9.17) is 0 Å². The van der Waals surface area contributed by atoms with Crippen LogP contribution in [0, 0.1) is 5.92 Å². The molecule has 1 saturated heterocycles. The van der Waals surface area contributed by atoms with Crippen LogP contribution in [0.5, 0.6) is 0 Å². The van der Waals surface area contributed by atoms with Crippen molar-refractivity contribution in [2.45, 2.75) is 51.7 Å². The Morgan fingerprint density at radius 2 is 1.81 bits per heavy atom. The van der Waals surface area contributed by atoms with Gasteiger partial charge in [0.15, 0.2) is 15.8 Å². The standard InChI is InChI=1S/C21H35N3O2S/c1-5-22-20(23-13-16-27(25,26)21(2,3)4)24-14-11-19(12-15-24)17-18-9-7-6-8-10-18/h6-10,19H,5,11-17H2,1-4H3,(H,22,23). The second-order valence-electron chi connectivity index (χ2n) is 8.29. The molecular weight excluding hydrogens is 358 g/mol. The van der Waals surface area contributed by atoms with E-state index in [1.807, 2.05) is 6.92 Å². The number of piperidine rings is 1. The molecular formula is C21H35N3O2S. The predicted molar refractivity (Wildman–Crippen MR) is 114 cm³/mol. The Morgan fingerprint density at radius 3 is 2.37 bits per heavy atom. The Labute approximate surface area is 165 Å². The molecule has 27 heavy (non-hydrogen) atoms. The highest BCUT2D eigenvalue weighted by Crippen LogP contribution is 2.22. The van der Waals surface area contributed by atoms with Crippen molar-refractivity contribution in [2.75, 3.05) is 31.9 Å². The lowest BCUT2D eigenvalue weighted by Gasteiger charge is -2.34. The molecule has 0 radical (unpaired) electrons. The quantitative estimate of drug-likeness (QED) is 0.596. The van der Waals surface area contributed by atoms with Crippen molar-refractivity contribution in [1.29, 1.82) is 0 Å². The van der Waals surface area contributed by atoms with Crippen LogP contribution in [0.4, 0.5) is 0 Å². The zero-order valence-corrected chi connectivity index (χ0v) is 18.1. The van der Waals surface area contributed by atoms with Gasteiger partial charge in [-0.2, -0.15) is 0 Å². The predicted octanol–water partition coefficient (Wildman–Crippen LogP) is 3.12. The van der Waals surface area contributed by atoms with E-state index < -0.39 is 14.6 Å². The lowest BCUT2D eigenvalue weighted by Crippen LogP contribution is -2.46. The zero-order chi connectivity index (χ0) is 19.9. The second-order valence-corrected chi connectivity index (χ2v) is 11.1. The van der Waals surface area contributed by atoms with Crippen LogP contribution in [-0.2, 0) is 16.3 Å². The Morgan fingerprint density at radius 1 is 1.19 bits per heavy atom. The molecule has 6 heteroatoms. The number of hydrogen-bond donors (Lipinski definition) is 1. The molecule has 1 N–H and O–H groups in total. The van der Waals surface area contributed by atoms with Crippen molar-refractivity contribution in [3.63, 3.8) is 0 Å². The first-order valence-electron chi connectivity index (χ1n) is 10.0. The SMILES string of the molecule is CCNC(=NCCS(=O)(=O)C(C)(C)C)N1CCC(Cc2ccccc2)CC1. The van der Waals surface area contributed by atoms with E-state index in [2.05, 4.69) is 45.5 Å². The highest BCUT2D eigenvalue weighted by Gasteiger charge is 2.28. The van der Waals surface area contributed by atoms with E-state index in [0.717, 1.165) is 44.9 Å². The summed E-state index contributed by atoms with van der Waals surface area (Å²) in [4.78, 5) is 6.87. The number of sulfone groups is 1. The van der Waals surface area contributed by atoms with E-state index in [0.29, 0.717) is 12.5 Å². The molecule has 0 spiro atoms. The summed E-state index contributed by atoms with van der Waals surface area (Å²) < 4.78 is 23.8. The minimum Gasteiger partial charge on any atom is -0.357 e. The van der Waals surface area contributed by atoms with Crippen LogP contribution in [0.1, 0.15) is 46.1 Å². The average Bonchev–Trinajstić information content (AvgIpc) is 2.61. The number of nitrogens with one attached hydrogen (secondary N) is 1. The molecule has 0 amide bonds. The van der Waals surface area contributed by atoms with Gasteiger partial charge in [-0.1, -0.05) is 30.3 Å². The van der Waals surface area contributed by atoms with Crippen molar-refractivity contribution < 1.29 is 8.42 Å². The first kappa shape index (κ1) is 21.7. The molecule has 0 aromatic heterocycles. The molecule has 2 rings (SSSR count). The molecule has 1 aliphatic rings. The number of likely N-dealkylation sites (tertiary alicyclic amines) is 1. The molecule has 1 aromatic carbocycles. The third-order valence-electron chi connectivity index (χ3n) is 5.17. The number of nitrogens with zero attached hydrogens (tertiary/aromatic N) is 2. The van der Waals surface area contributed by atoms with E-state index in [-0.39, 0.29) is 5.75 Å². The maximum atomic E-state index is 12.3. The number of aliphatic imine (C=N–C) groups is 1. The molecule has 0 atom stereocenters. The topological polar surface area (TPSA) is 61.8 Å². The maximum absolute atomic E-state index is 12.3. The maximum Gasteiger partial charge on any atom is 0.193 e. The molecule has 0 saturated carbocycles. The molecule has 1 fully saturated rings. The Bertz CT molecular complexity index is 701. The highest BCUT2D eigenvalue weighted by atomic mass is 32.2. The smallest absolute Gasteiger partial charge is 0.193 e. The summed E-state index contributed by atoms with van der Waals surface area (Å²) in [6.07, 6.45) is 3.41. The summed E-state index contributed by atoms with van der Waals surface area (Å²) in [7, 11) is -3.14. The van der Waals surface area contributed by atoms with E-state index in [9.17, 15) is 8.42 Å². The van der Waals surface area contributed by atoms with Gasteiger partial charge in [-0.05, 0) is 58.4 Å². The summed E-state index contributed by atoms with van der Waals surface area (Å²) in [5, 5.41) is 3.32. The summed E-state index contributed by atoms with van der Waals surface area (Å²) in [6.45, 7) is 10.3. The minimum atomic E-state index is -3.14. The summed E-state index contributed by atoms with van der Waals surface area (Å²) in [5.74, 6) is 1.64. The van der Waals surface area contributed by atoms with Gasteiger partial charge in [0, 0.05) is 19.6 Å². The molecule has 0 aliphatic carbocycles. The van der Waals surface area contributed by atoms with Crippen LogP contribution in [0.15, 0.2) is 35.3 Å². The van der Waals surface area contributed by atoms with Crippen molar-refractivity contribution in [2.24, 2.45) is 10.9 Å². The van der Waals surface area contributed by atoms with Crippen LogP contribution < -0.4 is 5.32 Å². The lowest BCUT2D eigenvalue weighted by molar-refractivity contribution is 0.259. The largest absolute Gasteiger partial charge is 0.357 e. The van der Waals surface area contributed by atoms with Crippen molar-refractivity contribution >= 4 is 15.8 Å². The van der Waals surface area contributed by atoms with Gasteiger partial charge in [0.05, 0.1) is 17.0 Å². The Hall–Kier alpha value is -1.56. The Balaban J connectivity index is 1.90. The fourth-order valence-corrected chi connectivity index (χ4v) is 4.24. The number of guanidine groups is 1. The zero-order valence-electron chi connectivity index (χ0n) is 17.2. The summed E-state index contributed by atoms with van der Waals surface area (Å²) in [6, 6.07) is 10.7. The average molecular weight is 394 g/mol. The van der Waals surface area contributed by atoms with E-state index in [1.165, 1.54) is 5.56 Å². The monoisotopic (exact) mass is 393 g/mol. The van der Waals surface area contributed by atoms with Crippen LogP contribution in [0.2, 0.25) is 0 Å².